The third-order valence-electron chi connectivity index (χ3n) is 10.4. The van der Waals surface area contributed by atoms with Gasteiger partial charge in [-0.1, -0.05) is 40.0 Å². The lowest BCUT2D eigenvalue weighted by Crippen LogP contribution is -2.34. The number of fused-ring (bicyclic) bond motifs is 2. The summed E-state index contributed by atoms with van der Waals surface area (Å²) < 4.78 is 11.1. The minimum absolute atomic E-state index is 0.0608. The third kappa shape index (κ3) is 6.34. The van der Waals surface area contributed by atoms with Gasteiger partial charge in [0.05, 0.1) is 23.9 Å². The van der Waals surface area contributed by atoms with Crippen LogP contribution in [0.25, 0.3) is 0 Å². The molecule has 1 saturated heterocycles. The van der Waals surface area contributed by atoms with Crippen LogP contribution in [0, 0.1) is 40.9 Å². The monoisotopic (exact) mass is 504 g/mol. The molecule has 1 heterocycles. The van der Waals surface area contributed by atoms with Gasteiger partial charge in [0.15, 0.2) is 0 Å². The maximum atomic E-state index is 12.9. The topological polar surface area (TPSA) is 89.9 Å². The highest BCUT2D eigenvalue weighted by molar-refractivity contribution is 5.96. The number of aliphatic hydroxyl groups is 1. The number of cyclic esters (lactones) is 2. The number of esters is 3. The Bertz CT molecular complexity index is 786. The molecule has 3 aliphatic carbocycles. The van der Waals surface area contributed by atoms with Crippen LogP contribution in [-0.4, -0.2) is 35.2 Å². The summed E-state index contributed by atoms with van der Waals surface area (Å²) in [7, 11) is 0. The molecule has 6 nitrogen and oxygen atoms in total. The SMILES string of the molecule is CCC(CCCC1C(=O)OC(=O)C1CCCC(C)C1CCC(O)CC1)C(=O)OC1CC2CCC1(C)C2. The highest BCUT2D eigenvalue weighted by Gasteiger charge is 2.51. The number of hydrogen-bond donors (Lipinski definition) is 1. The smallest absolute Gasteiger partial charge is 0.317 e. The summed E-state index contributed by atoms with van der Waals surface area (Å²) in [5, 5.41) is 9.75. The molecule has 0 aromatic heterocycles. The lowest BCUT2D eigenvalue weighted by Gasteiger charge is -2.32. The molecule has 1 N–H and O–H groups in total. The number of ether oxygens (including phenoxy) is 2. The molecule has 204 valence electrons. The van der Waals surface area contributed by atoms with Gasteiger partial charge in [0.25, 0.3) is 0 Å². The minimum Gasteiger partial charge on any atom is -0.462 e. The molecule has 0 radical (unpaired) electrons. The quantitative estimate of drug-likeness (QED) is 0.260. The van der Waals surface area contributed by atoms with Gasteiger partial charge < -0.3 is 14.6 Å². The van der Waals surface area contributed by atoms with Crippen molar-refractivity contribution in [2.45, 2.75) is 129 Å². The molecule has 4 aliphatic rings. The third-order valence-corrected chi connectivity index (χ3v) is 10.4. The average Bonchev–Trinajstić information content (AvgIpc) is 3.46. The molecule has 1 aliphatic heterocycles. The lowest BCUT2D eigenvalue weighted by molar-refractivity contribution is -0.160. The summed E-state index contributed by atoms with van der Waals surface area (Å²) in [5.74, 6) is 0.228. The average molecular weight is 505 g/mol. The van der Waals surface area contributed by atoms with Crippen LogP contribution in [-0.2, 0) is 23.9 Å². The summed E-state index contributed by atoms with van der Waals surface area (Å²) in [6, 6.07) is 0. The standard InChI is InChI=1S/C30H48O6/c1-4-21(27(32)35-26-17-20-15-16-30(26,3)18-20)8-6-10-25-24(28(33)36-29(25)34)9-5-7-19(2)22-11-13-23(31)14-12-22/h19-26,31H,4-18H2,1-3H3. The maximum Gasteiger partial charge on any atom is 0.317 e. The van der Waals surface area contributed by atoms with Crippen LogP contribution in [0.5, 0.6) is 0 Å². The fraction of sp³-hybridized carbons (Fsp3) is 0.900. The minimum atomic E-state index is -0.384. The Morgan fingerprint density at radius 1 is 1.06 bits per heavy atom. The van der Waals surface area contributed by atoms with Crippen molar-refractivity contribution >= 4 is 17.9 Å². The molecule has 7 unspecified atom stereocenters. The van der Waals surface area contributed by atoms with Crippen molar-refractivity contribution in [3.63, 3.8) is 0 Å². The summed E-state index contributed by atoms with van der Waals surface area (Å²) >= 11 is 0. The molecule has 2 bridgehead atoms. The van der Waals surface area contributed by atoms with Crippen LogP contribution in [0.4, 0.5) is 0 Å². The number of rotatable bonds is 12. The van der Waals surface area contributed by atoms with Crippen molar-refractivity contribution in [3.05, 3.63) is 0 Å². The van der Waals surface area contributed by atoms with Crippen molar-refractivity contribution in [1.29, 1.82) is 0 Å². The van der Waals surface area contributed by atoms with E-state index in [1.165, 1.54) is 12.8 Å². The van der Waals surface area contributed by atoms with E-state index in [1.807, 2.05) is 6.92 Å². The summed E-state index contributed by atoms with van der Waals surface area (Å²) in [6.07, 6.45) is 13.9. The van der Waals surface area contributed by atoms with E-state index in [1.54, 1.807) is 0 Å². The summed E-state index contributed by atoms with van der Waals surface area (Å²) in [4.78, 5) is 37.8. The zero-order valence-corrected chi connectivity index (χ0v) is 22.7. The van der Waals surface area contributed by atoms with Gasteiger partial charge in [-0.15, -0.1) is 0 Å². The first-order chi connectivity index (χ1) is 17.2. The van der Waals surface area contributed by atoms with Crippen LogP contribution in [0.2, 0.25) is 0 Å². The summed E-state index contributed by atoms with van der Waals surface area (Å²) in [6.45, 7) is 6.57. The van der Waals surface area contributed by atoms with Crippen molar-refractivity contribution in [1.82, 2.24) is 0 Å². The van der Waals surface area contributed by atoms with Crippen LogP contribution in [0.15, 0.2) is 0 Å². The molecule has 36 heavy (non-hydrogen) atoms. The van der Waals surface area contributed by atoms with Gasteiger partial charge in [-0.05, 0) is 94.8 Å². The first-order valence-corrected chi connectivity index (χ1v) is 14.8. The van der Waals surface area contributed by atoms with E-state index in [4.69, 9.17) is 9.47 Å². The Balaban J connectivity index is 1.20. The molecular formula is C30H48O6. The second-order valence-corrected chi connectivity index (χ2v) is 12.9. The Morgan fingerprint density at radius 2 is 1.69 bits per heavy atom. The molecule has 0 spiro atoms. The van der Waals surface area contributed by atoms with E-state index >= 15 is 0 Å². The van der Waals surface area contributed by atoms with Crippen LogP contribution < -0.4 is 0 Å². The molecular weight excluding hydrogens is 456 g/mol. The second kappa shape index (κ2) is 12.0. The first-order valence-electron chi connectivity index (χ1n) is 14.8. The summed E-state index contributed by atoms with van der Waals surface area (Å²) in [5.41, 5.74) is 0.162. The van der Waals surface area contributed by atoms with Crippen LogP contribution in [0.3, 0.4) is 0 Å². The fourth-order valence-corrected chi connectivity index (χ4v) is 7.76. The van der Waals surface area contributed by atoms with Crippen molar-refractivity contribution in [3.8, 4) is 0 Å². The predicted octanol–water partition coefficient (Wildman–Crippen LogP) is 5.98. The van der Waals surface area contributed by atoms with Gasteiger partial charge >= 0.3 is 17.9 Å². The van der Waals surface area contributed by atoms with Gasteiger partial charge in [0, 0.05) is 5.41 Å². The lowest BCUT2D eigenvalue weighted by atomic mass is 9.77. The Morgan fingerprint density at radius 3 is 2.25 bits per heavy atom. The molecule has 4 rings (SSSR count). The zero-order valence-electron chi connectivity index (χ0n) is 22.7. The predicted molar refractivity (Wildman–Crippen MR) is 137 cm³/mol. The van der Waals surface area contributed by atoms with Crippen LogP contribution in [0.1, 0.15) is 117 Å². The van der Waals surface area contributed by atoms with E-state index < -0.39 is 0 Å². The zero-order chi connectivity index (χ0) is 25.9. The van der Waals surface area contributed by atoms with E-state index in [0.29, 0.717) is 37.0 Å². The Labute approximate surface area is 217 Å². The molecule has 3 saturated carbocycles. The largest absolute Gasteiger partial charge is 0.462 e. The molecule has 6 heteroatoms. The van der Waals surface area contributed by atoms with Gasteiger partial charge in [-0.2, -0.15) is 0 Å². The van der Waals surface area contributed by atoms with E-state index in [9.17, 15) is 19.5 Å². The van der Waals surface area contributed by atoms with Gasteiger partial charge in [0.2, 0.25) is 0 Å². The maximum absolute atomic E-state index is 12.9. The van der Waals surface area contributed by atoms with E-state index in [-0.39, 0.29) is 53.3 Å². The number of aliphatic hydroxyl groups excluding tert-OH is 1. The number of hydrogen-bond acceptors (Lipinski definition) is 6. The van der Waals surface area contributed by atoms with E-state index in [2.05, 4.69) is 13.8 Å². The molecule has 7 atom stereocenters. The van der Waals surface area contributed by atoms with Crippen molar-refractivity contribution < 1.29 is 29.0 Å². The Hall–Kier alpha value is -1.43. The first kappa shape index (κ1) is 27.6. The second-order valence-electron chi connectivity index (χ2n) is 12.9. The van der Waals surface area contributed by atoms with Gasteiger partial charge in [-0.25, -0.2) is 0 Å². The molecule has 0 aromatic carbocycles. The fourth-order valence-electron chi connectivity index (χ4n) is 7.76. The highest BCUT2D eigenvalue weighted by atomic mass is 16.6. The number of carbonyl (C=O) groups is 3. The van der Waals surface area contributed by atoms with Crippen molar-refractivity contribution in [2.24, 2.45) is 40.9 Å². The highest BCUT2D eigenvalue weighted by Crippen LogP contribution is 2.55. The molecule has 4 fully saturated rings. The number of carbonyl (C=O) groups excluding carboxylic acids is 3. The van der Waals surface area contributed by atoms with Crippen molar-refractivity contribution in [2.75, 3.05) is 0 Å². The Kier molecular flexibility index (Phi) is 9.17. The molecule has 0 amide bonds. The van der Waals surface area contributed by atoms with E-state index in [0.717, 1.165) is 64.2 Å². The normalized spacial score (nSPS) is 37.7. The van der Waals surface area contributed by atoms with Crippen LogP contribution >= 0.6 is 0 Å². The molecule has 0 aromatic rings. The van der Waals surface area contributed by atoms with Gasteiger partial charge in [0.1, 0.15) is 6.10 Å². The van der Waals surface area contributed by atoms with Gasteiger partial charge in [-0.3, -0.25) is 14.4 Å².